The highest BCUT2D eigenvalue weighted by molar-refractivity contribution is 5.98. The van der Waals surface area contributed by atoms with Crippen LogP contribution in [0.3, 0.4) is 0 Å². The molecule has 8 heteroatoms. The highest BCUT2D eigenvalue weighted by atomic mass is 16.5. The van der Waals surface area contributed by atoms with Crippen molar-refractivity contribution in [2.45, 2.75) is 51.9 Å². The minimum Gasteiger partial charge on any atom is -0.495 e. The number of aromatic nitrogens is 2. The maximum absolute atomic E-state index is 13.0. The molecule has 0 radical (unpaired) electrons. The molecule has 1 N–H and O–H groups in total. The van der Waals surface area contributed by atoms with Gasteiger partial charge in [-0.25, -0.2) is 0 Å². The molecule has 1 aliphatic carbocycles. The van der Waals surface area contributed by atoms with Crippen LogP contribution in [0.5, 0.6) is 5.75 Å². The first-order valence-corrected chi connectivity index (χ1v) is 11.2. The van der Waals surface area contributed by atoms with E-state index in [1.807, 2.05) is 17.9 Å². The Hall–Kier alpha value is -2.90. The van der Waals surface area contributed by atoms with Crippen LogP contribution in [0.4, 0.5) is 5.69 Å². The van der Waals surface area contributed by atoms with E-state index in [1.165, 1.54) is 32.1 Å². The molecule has 1 aliphatic heterocycles. The van der Waals surface area contributed by atoms with E-state index >= 15 is 0 Å². The molecule has 2 aromatic rings. The standard InChI is InChI=1S/C23H30N4O4/c1-3-20-25-26-23(31-20)16-9-10-19(30-2)18(11-16)24-22(29)17-12-21(28)27(14-17)13-15-7-5-4-6-8-15/h9-11,15,17H,3-8,12-14H2,1-2H3,(H,24,29). The van der Waals surface area contributed by atoms with E-state index in [1.54, 1.807) is 19.2 Å². The van der Waals surface area contributed by atoms with Crippen LogP contribution in [0, 0.1) is 11.8 Å². The lowest BCUT2D eigenvalue weighted by Gasteiger charge is -2.27. The normalized spacial score (nSPS) is 19.6. The van der Waals surface area contributed by atoms with Crippen LogP contribution in [0.1, 0.15) is 51.3 Å². The molecule has 1 aromatic heterocycles. The van der Waals surface area contributed by atoms with Crippen molar-refractivity contribution >= 4 is 17.5 Å². The number of rotatable bonds is 7. The molecule has 8 nitrogen and oxygen atoms in total. The Morgan fingerprint density at radius 1 is 1.26 bits per heavy atom. The Kier molecular flexibility index (Phi) is 6.53. The average Bonchev–Trinajstić information content (AvgIpc) is 3.41. The molecule has 2 heterocycles. The smallest absolute Gasteiger partial charge is 0.247 e. The van der Waals surface area contributed by atoms with Crippen molar-refractivity contribution in [3.8, 4) is 17.2 Å². The minimum atomic E-state index is -0.362. The lowest BCUT2D eigenvalue weighted by molar-refractivity contribution is -0.128. The van der Waals surface area contributed by atoms with Gasteiger partial charge in [0, 0.05) is 31.5 Å². The Balaban J connectivity index is 1.43. The summed E-state index contributed by atoms with van der Waals surface area (Å²) >= 11 is 0. The van der Waals surface area contributed by atoms with Crippen molar-refractivity contribution in [1.82, 2.24) is 15.1 Å². The van der Waals surface area contributed by atoms with Crippen LogP contribution >= 0.6 is 0 Å². The maximum atomic E-state index is 13.0. The summed E-state index contributed by atoms with van der Waals surface area (Å²) in [6.45, 7) is 3.20. The number of carbonyl (C=O) groups excluding carboxylic acids is 2. The number of likely N-dealkylation sites (tertiary alicyclic amines) is 1. The first-order valence-electron chi connectivity index (χ1n) is 11.2. The number of amides is 2. The van der Waals surface area contributed by atoms with Crippen molar-refractivity contribution in [2.75, 3.05) is 25.5 Å². The third kappa shape index (κ3) is 4.89. The van der Waals surface area contributed by atoms with Crippen molar-refractivity contribution in [3.05, 3.63) is 24.1 Å². The van der Waals surface area contributed by atoms with E-state index in [4.69, 9.17) is 9.15 Å². The third-order valence-electron chi connectivity index (χ3n) is 6.26. The van der Waals surface area contributed by atoms with Gasteiger partial charge < -0.3 is 19.4 Å². The quantitative estimate of drug-likeness (QED) is 0.725. The number of nitrogens with zero attached hydrogens (tertiary/aromatic N) is 3. The molecule has 1 saturated heterocycles. The summed E-state index contributed by atoms with van der Waals surface area (Å²) in [5.74, 6) is 1.59. The molecule has 2 aliphatic rings. The summed E-state index contributed by atoms with van der Waals surface area (Å²) in [4.78, 5) is 27.3. The number of nitrogens with one attached hydrogen (secondary N) is 1. The van der Waals surface area contributed by atoms with Gasteiger partial charge in [0.1, 0.15) is 5.75 Å². The monoisotopic (exact) mass is 426 g/mol. The largest absolute Gasteiger partial charge is 0.495 e. The Bertz CT molecular complexity index is 935. The Morgan fingerprint density at radius 2 is 2.06 bits per heavy atom. The zero-order valence-corrected chi connectivity index (χ0v) is 18.2. The number of methoxy groups -OCH3 is 1. The van der Waals surface area contributed by atoms with Crippen molar-refractivity contribution in [3.63, 3.8) is 0 Å². The predicted molar refractivity (Wildman–Crippen MR) is 116 cm³/mol. The Morgan fingerprint density at radius 3 is 2.77 bits per heavy atom. The molecule has 2 fully saturated rings. The molecule has 1 atom stereocenters. The van der Waals surface area contributed by atoms with E-state index in [0.29, 0.717) is 47.7 Å². The third-order valence-corrected chi connectivity index (χ3v) is 6.26. The zero-order chi connectivity index (χ0) is 21.8. The van der Waals surface area contributed by atoms with Gasteiger partial charge in [-0.1, -0.05) is 26.2 Å². The second kappa shape index (κ2) is 9.49. The molecule has 1 aromatic carbocycles. The fraction of sp³-hybridized carbons (Fsp3) is 0.565. The topological polar surface area (TPSA) is 97.6 Å². The van der Waals surface area contributed by atoms with Crippen LogP contribution in [0.2, 0.25) is 0 Å². The van der Waals surface area contributed by atoms with Crippen LogP contribution in [0.15, 0.2) is 22.6 Å². The van der Waals surface area contributed by atoms with Gasteiger partial charge >= 0.3 is 0 Å². The SMILES string of the molecule is CCc1nnc(-c2ccc(OC)c(NC(=O)C3CC(=O)N(CC4CCCCC4)C3)c2)o1. The number of hydrogen-bond donors (Lipinski definition) is 1. The van der Waals surface area contributed by atoms with Crippen LogP contribution in [-0.2, 0) is 16.0 Å². The van der Waals surface area contributed by atoms with Gasteiger partial charge in [0.2, 0.25) is 23.6 Å². The lowest BCUT2D eigenvalue weighted by Crippen LogP contribution is -2.33. The lowest BCUT2D eigenvalue weighted by atomic mass is 9.89. The molecular formula is C23H30N4O4. The summed E-state index contributed by atoms with van der Waals surface area (Å²) in [6.07, 6.45) is 7.04. The van der Waals surface area contributed by atoms with E-state index in [-0.39, 0.29) is 24.2 Å². The van der Waals surface area contributed by atoms with Gasteiger partial charge in [-0.05, 0) is 37.0 Å². The predicted octanol–water partition coefficient (Wildman–Crippen LogP) is 3.67. The molecule has 0 bridgehead atoms. The van der Waals surface area contributed by atoms with Gasteiger partial charge in [0.15, 0.2) is 0 Å². The van der Waals surface area contributed by atoms with Crippen LogP contribution in [-0.4, -0.2) is 47.1 Å². The fourth-order valence-electron chi connectivity index (χ4n) is 4.49. The summed E-state index contributed by atoms with van der Waals surface area (Å²) in [5, 5.41) is 11.0. The number of carbonyl (C=O) groups is 2. The molecule has 0 spiro atoms. The Labute approximate surface area is 182 Å². The number of benzene rings is 1. The molecule has 4 rings (SSSR count). The second-order valence-corrected chi connectivity index (χ2v) is 8.46. The van der Waals surface area contributed by atoms with Crippen LogP contribution in [0.25, 0.3) is 11.5 Å². The van der Waals surface area contributed by atoms with Gasteiger partial charge in [0.05, 0.1) is 18.7 Å². The first-order chi connectivity index (χ1) is 15.1. The molecule has 166 valence electrons. The number of aryl methyl sites for hydroxylation is 1. The minimum absolute atomic E-state index is 0.0735. The fourth-order valence-corrected chi connectivity index (χ4v) is 4.49. The van der Waals surface area contributed by atoms with Crippen LogP contribution < -0.4 is 10.1 Å². The molecule has 1 unspecified atom stereocenters. The van der Waals surface area contributed by atoms with E-state index in [9.17, 15) is 9.59 Å². The van der Waals surface area contributed by atoms with Gasteiger partial charge in [-0.2, -0.15) is 0 Å². The van der Waals surface area contributed by atoms with Crippen molar-refractivity contribution in [1.29, 1.82) is 0 Å². The highest BCUT2D eigenvalue weighted by Crippen LogP contribution is 2.32. The van der Waals surface area contributed by atoms with Crippen molar-refractivity contribution in [2.24, 2.45) is 11.8 Å². The number of anilines is 1. The summed E-state index contributed by atoms with van der Waals surface area (Å²) in [6, 6.07) is 5.34. The summed E-state index contributed by atoms with van der Waals surface area (Å²) < 4.78 is 11.0. The van der Waals surface area contributed by atoms with Gasteiger partial charge in [-0.3, -0.25) is 9.59 Å². The maximum Gasteiger partial charge on any atom is 0.247 e. The summed E-state index contributed by atoms with van der Waals surface area (Å²) in [5.41, 5.74) is 1.23. The molecule has 31 heavy (non-hydrogen) atoms. The molecule has 2 amide bonds. The zero-order valence-electron chi connectivity index (χ0n) is 18.2. The van der Waals surface area contributed by atoms with E-state index in [0.717, 1.165) is 6.54 Å². The molecular weight excluding hydrogens is 396 g/mol. The van der Waals surface area contributed by atoms with E-state index < -0.39 is 0 Å². The van der Waals surface area contributed by atoms with Gasteiger partial charge in [-0.15, -0.1) is 10.2 Å². The first kappa shape index (κ1) is 21.3. The average molecular weight is 427 g/mol. The molecule has 1 saturated carbocycles. The number of hydrogen-bond acceptors (Lipinski definition) is 6. The highest BCUT2D eigenvalue weighted by Gasteiger charge is 2.35. The van der Waals surface area contributed by atoms with E-state index in [2.05, 4.69) is 15.5 Å². The number of ether oxygens (including phenoxy) is 1. The van der Waals surface area contributed by atoms with Crippen molar-refractivity contribution < 1.29 is 18.7 Å². The second-order valence-electron chi connectivity index (χ2n) is 8.46. The summed E-state index contributed by atoms with van der Waals surface area (Å²) in [7, 11) is 1.55. The van der Waals surface area contributed by atoms with Gasteiger partial charge in [0.25, 0.3) is 0 Å².